The highest BCUT2D eigenvalue weighted by Crippen LogP contribution is 2.31. The zero-order chi connectivity index (χ0) is 16.6. The van der Waals surface area contributed by atoms with Crippen molar-refractivity contribution in [2.45, 2.75) is 32.7 Å². The fourth-order valence-electron chi connectivity index (χ4n) is 3.32. The van der Waals surface area contributed by atoms with Crippen molar-refractivity contribution in [3.8, 4) is 0 Å². The van der Waals surface area contributed by atoms with Crippen LogP contribution in [-0.2, 0) is 11.2 Å². The Kier molecular flexibility index (Phi) is 3.94. The fraction of sp³-hybridized carbons (Fsp3) is 0.333. The summed E-state index contributed by atoms with van der Waals surface area (Å²) in [7, 11) is 1.34. The summed E-state index contributed by atoms with van der Waals surface area (Å²) in [6.45, 7) is 3.52. The quantitative estimate of drug-likeness (QED) is 0.856. The smallest absolute Gasteiger partial charge is 0.339 e. The molecule has 1 atom stereocenters. The minimum atomic E-state index is -0.429. The van der Waals surface area contributed by atoms with Crippen molar-refractivity contribution in [2.24, 2.45) is 0 Å². The molecule has 1 amide bonds. The van der Waals surface area contributed by atoms with Gasteiger partial charge < -0.3 is 15.0 Å². The van der Waals surface area contributed by atoms with Crippen LogP contribution in [0.4, 0.5) is 0 Å². The summed E-state index contributed by atoms with van der Waals surface area (Å²) in [6, 6.07) is 8.18. The number of aryl methyl sites for hydroxylation is 2. The van der Waals surface area contributed by atoms with Gasteiger partial charge in [0.2, 0.25) is 0 Å². The van der Waals surface area contributed by atoms with E-state index in [2.05, 4.69) is 22.4 Å². The second-order valence-electron chi connectivity index (χ2n) is 5.88. The van der Waals surface area contributed by atoms with Crippen molar-refractivity contribution < 1.29 is 14.3 Å². The largest absolute Gasteiger partial charge is 0.465 e. The first kappa shape index (κ1) is 15.3. The number of carbonyl (C=O) groups excluding carboxylic acids is 2. The zero-order valence-corrected chi connectivity index (χ0v) is 13.5. The molecule has 5 heteroatoms. The van der Waals surface area contributed by atoms with E-state index in [1.54, 1.807) is 13.8 Å². The number of nitrogens with one attached hydrogen (secondary N) is 2. The van der Waals surface area contributed by atoms with Crippen molar-refractivity contribution in [1.29, 1.82) is 0 Å². The second kappa shape index (κ2) is 5.91. The maximum atomic E-state index is 12.6. The normalized spacial score (nSPS) is 16.0. The number of ether oxygens (including phenoxy) is 1. The predicted molar refractivity (Wildman–Crippen MR) is 86.6 cm³/mol. The van der Waals surface area contributed by atoms with Gasteiger partial charge in [0.1, 0.15) is 5.69 Å². The lowest BCUT2D eigenvalue weighted by Gasteiger charge is -2.14. The van der Waals surface area contributed by atoms with Crippen LogP contribution >= 0.6 is 0 Å². The van der Waals surface area contributed by atoms with E-state index in [0.29, 0.717) is 22.5 Å². The fourth-order valence-corrected chi connectivity index (χ4v) is 3.32. The number of hydrogen-bond donors (Lipinski definition) is 2. The molecule has 0 radical (unpaired) electrons. The summed E-state index contributed by atoms with van der Waals surface area (Å²) >= 11 is 0. The first-order valence-electron chi connectivity index (χ1n) is 7.69. The highest BCUT2D eigenvalue weighted by molar-refractivity contribution is 6.00. The van der Waals surface area contributed by atoms with Gasteiger partial charge in [-0.1, -0.05) is 24.3 Å². The lowest BCUT2D eigenvalue weighted by Crippen LogP contribution is -2.28. The highest BCUT2D eigenvalue weighted by atomic mass is 16.5. The van der Waals surface area contributed by atoms with Crippen LogP contribution in [0.15, 0.2) is 24.3 Å². The number of benzene rings is 1. The molecule has 0 saturated heterocycles. The molecule has 1 aromatic heterocycles. The Bertz CT molecular complexity index is 777. The maximum Gasteiger partial charge on any atom is 0.339 e. The van der Waals surface area contributed by atoms with Crippen molar-refractivity contribution in [2.75, 3.05) is 7.11 Å². The Morgan fingerprint density at radius 1 is 1.26 bits per heavy atom. The van der Waals surface area contributed by atoms with Gasteiger partial charge in [-0.25, -0.2) is 4.79 Å². The molecule has 0 spiro atoms. The lowest BCUT2D eigenvalue weighted by atomic mass is 10.1. The van der Waals surface area contributed by atoms with Gasteiger partial charge in [-0.15, -0.1) is 0 Å². The third kappa shape index (κ3) is 2.63. The highest BCUT2D eigenvalue weighted by Gasteiger charge is 2.27. The monoisotopic (exact) mass is 312 g/mol. The molecule has 3 rings (SSSR count). The van der Waals surface area contributed by atoms with Crippen molar-refractivity contribution in [1.82, 2.24) is 10.3 Å². The second-order valence-corrected chi connectivity index (χ2v) is 5.88. The van der Waals surface area contributed by atoms with Gasteiger partial charge in [0.25, 0.3) is 5.91 Å². The Labute approximate surface area is 135 Å². The number of H-pyrrole nitrogens is 1. The molecule has 5 nitrogen and oxygen atoms in total. The summed E-state index contributed by atoms with van der Waals surface area (Å²) in [5, 5.41) is 3.07. The molecule has 1 aromatic carbocycles. The van der Waals surface area contributed by atoms with E-state index in [0.717, 1.165) is 12.8 Å². The van der Waals surface area contributed by atoms with Crippen molar-refractivity contribution in [3.63, 3.8) is 0 Å². The number of methoxy groups -OCH3 is 1. The number of aromatic amines is 1. The molecule has 2 N–H and O–H groups in total. The number of aromatic nitrogens is 1. The zero-order valence-electron chi connectivity index (χ0n) is 13.5. The van der Waals surface area contributed by atoms with Crippen LogP contribution < -0.4 is 5.32 Å². The molecule has 1 aliphatic rings. The first-order valence-corrected chi connectivity index (χ1v) is 7.69. The summed E-state index contributed by atoms with van der Waals surface area (Å²) in [5.74, 6) is -0.621. The van der Waals surface area contributed by atoms with E-state index in [4.69, 9.17) is 4.74 Å². The van der Waals surface area contributed by atoms with Crippen LogP contribution in [0, 0.1) is 13.8 Å². The molecule has 120 valence electrons. The van der Waals surface area contributed by atoms with E-state index < -0.39 is 5.97 Å². The Balaban J connectivity index is 1.84. The minimum Gasteiger partial charge on any atom is -0.465 e. The number of esters is 1. The molecular weight excluding hydrogens is 292 g/mol. The molecule has 23 heavy (non-hydrogen) atoms. The molecule has 1 heterocycles. The van der Waals surface area contributed by atoms with Gasteiger partial charge in [-0.05, 0) is 43.4 Å². The molecule has 1 unspecified atom stereocenters. The lowest BCUT2D eigenvalue weighted by molar-refractivity contribution is 0.0599. The molecule has 0 fully saturated rings. The van der Waals surface area contributed by atoms with Gasteiger partial charge in [-0.3, -0.25) is 4.79 Å². The number of rotatable bonds is 3. The van der Waals surface area contributed by atoms with Crippen LogP contribution in [0.3, 0.4) is 0 Å². The summed E-state index contributed by atoms with van der Waals surface area (Å²) in [6.07, 6.45) is 1.87. The Hall–Kier alpha value is -2.56. The summed E-state index contributed by atoms with van der Waals surface area (Å²) < 4.78 is 4.78. The molecule has 2 aromatic rings. The van der Waals surface area contributed by atoms with Crippen LogP contribution in [-0.4, -0.2) is 24.0 Å². The van der Waals surface area contributed by atoms with Crippen LogP contribution in [0.5, 0.6) is 0 Å². The standard InChI is InChI=1S/C18H20N2O3/c1-10-15(18(22)23-3)11(2)19-16(10)17(21)20-14-9-8-12-6-4-5-7-13(12)14/h4-7,14,19H,8-9H2,1-3H3,(H,20,21). The van der Waals surface area contributed by atoms with Crippen molar-refractivity contribution in [3.05, 3.63) is 57.9 Å². The van der Waals surface area contributed by atoms with Gasteiger partial charge in [0.15, 0.2) is 0 Å². The average Bonchev–Trinajstić information content (AvgIpc) is 3.08. The van der Waals surface area contributed by atoms with Gasteiger partial charge in [0.05, 0.1) is 18.7 Å². The molecule has 0 bridgehead atoms. The first-order chi connectivity index (χ1) is 11.0. The van der Waals surface area contributed by atoms with Crippen LogP contribution in [0.1, 0.15) is 55.7 Å². The Morgan fingerprint density at radius 3 is 2.74 bits per heavy atom. The van der Waals surface area contributed by atoms with E-state index >= 15 is 0 Å². The topological polar surface area (TPSA) is 71.2 Å². The van der Waals surface area contributed by atoms with Gasteiger partial charge >= 0.3 is 5.97 Å². The number of hydrogen-bond acceptors (Lipinski definition) is 3. The van der Waals surface area contributed by atoms with Gasteiger partial charge in [0, 0.05) is 5.69 Å². The third-order valence-electron chi connectivity index (χ3n) is 4.49. The summed E-state index contributed by atoms with van der Waals surface area (Å²) in [4.78, 5) is 27.5. The van der Waals surface area contributed by atoms with E-state index in [1.165, 1.54) is 18.2 Å². The van der Waals surface area contributed by atoms with E-state index in [9.17, 15) is 9.59 Å². The average molecular weight is 312 g/mol. The van der Waals surface area contributed by atoms with Crippen LogP contribution in [0.25, 0.3) is 0 Å². The summed E-state index contributed by atoms with van der Waals surface area (Å²) in [5.41, 5.74) is 4.59. The molecular formula is C18H20N2O3. The third-order valence-corrected chi connectivity index (χ3v) is 4.49. The van der Waals surface area contributed by atoms with Gasteiger partial charge in [-0.2, -0.15) is 0 Å². The number of carbonyl (C=O) groups is 2. The molecule has 0 saturated carbocycles. The van der Waals surface area contributed by atoms with Crippen molar-refractivity contribution >= 4 is 11.9 Å². The molecule has 1 aliphatic carbocycles. The number of fused-ring (bicyclic) bond motifs is 1. The Morgan fingerprint density at radius 2 is 2.00 bits per heavy atom. The SMILES string of the molecule is COC(=O)c1c(C)[nH]c(C(=O)NC2CCc3ccccc32)c1C. The molecule has 0 aliphatic heterocycles. The maximum absolute atomic E-state index is 12.6. The number of amides is 1. The minimum absolute atomic E-state index is 0.0169. The van der Waals surface area contributed by atoms with E-state index in [1.807, 2.05) is 12.1 Å². The van der Waals surface area contributed by atoms with E-state index in [-0.39, 0.29) is 11.9 Å². The van der Waals surface area contributed by atoms with Crippen LogP contribution in [0.2, 0.25) is 0 Å². The predicted octanol–water partition coefficient (Wildman–Crippen LogP) is 2.84.